The second kappa shape index (κ2) is 3.52. The number of pyridine rings is 1. The summed E-state index contributed by atoms with van der Waals surface area (Å²) in [5, 5.41) is 11.4. The average molecular weight is 218 g/mol. The van der Waals surface area contributed by atoms with Crippen LogP contribution >= 0.6 is 11.3 Å². The van der Waals surface area contributed by atoms with Gasteiger partial charge in [0.25, 0.3) is 0 Å². The maximum Gasteiger partial charge on any atom is 0.208 e. The topological polar surface area (TPSA) is 56.6 Å². The molecule has 76 valence electrons. The molecular weight excluding hydrogens is 208 g/mol. The van der Waals surface area contributed by atoms with E-state index in [1.807, 2.05) is 25.3 Å². The van der Waals surface area contributed by atoms with E-state index >= 15 is 0 Å². The smallest absolute Gasteiger partial charge is 0.208 e. The highest BCUT2D eigenvalue weighted by Gasteiger charge is 2.13. The number of nitrogens with one attached hydrogen (secondary N) is 1. The maximum atomic E-state index is 11.9. The van der Waals surface area contributed by atoms with Crippen molar-refractivity contribution in [2.75, 3.05) is 0 Å². The van der Waals surface area contributed by atoms with Gasteiger partial charge in [-0.3, -0.25) is 4.79 Å². The van der Waals surface area contributed by atoms with Crippen molar-refractivity contribution >= 4 is 21.6 Å². The molecule has 0 spiro atoms. The van der Waals surface area contributed by atoms with Gasteiger partial charge in [-0.05, 0) is 16.9 Å². The van der Waals surface area contributed by atoms with Crippen molar-refractivity contribution in [2.24, 2.45) is 0 Å². The van der Waals surface area contributed by atoms with Crippen molar-refractivity contribution in [3.8, 4) is 6.07 Å². The van der Waals surface area contributed by atoms with Gasteiger partial charge in [-0.15, -0.1) is 11.3 Å². The summed E-state index contributed by atoms with van der Waals surface area (Å²) in [7, 11) is 0. The lowest BCUT2D eigenvalue weighted by Crippen LogP contribution is -2.07. The van der Waals surface area contributed by atoms with Gasteiger partial charge in [0.15, 0.2) is 0 Å². The summed E-state index contributed by atoms with van der Waals surface area (Å²) in [4.78, 5) is 15.7. The average Bonchev–Trinajstić information content (AvgIpc) is 2.63. The third-order valence-corrected chi connectivity index (χ3v) is 3.31. The second-order valence-electron chi connectivity index (χ2n) is 3.69. The Hall–Kier alpha value is -1.60. The Morgan fingerprint density at radius 2 is 2.27 bits per heavy atom. The molecule has 0 bridgehead atoms. The van der Waals surface area contributed by atoms with Gasteiger partial charge in [0.2, 0.25) is 5.43 Å². The number of aromatic amines is 1. The quantitative estimate of drug-likeness (QED) is 0.799. The molecule has 2 heterocycles. The van der Waals surface area contributed by atoms with Crippen LogP contribution in [0.15, 0.2) is 16.4 Å². The molecule has 0 saturated heterocycles. The van der Waals surface area contributed by atoms with Crippen molar-refractivity contribution in [2.45, 2.75) is 19.8 Å². The first kappa shape index (κ1) is 9.94. The minimum atomic E-state index is -0.156. The zero-order chi connectivity index (χ0) is 11.0. The Balaban J connectivity index is 2.90. The first-order valence-electron chi connectivity index (χ1n) is 4.68. The van der Waals surface area contributed by atoms with E-state index in [9.17, 15) is 4.79 Å². The van der Waals surface area contributed by atoms with Crippen LogP contribution in [0.25, 0.3) is 10.2 Å². The van der Waals surface area contributed by atoms with Crippen molar-refractivity contribution in [1.82, 2.24) is 4.98 Å². The summed E-state index contributed by atoms with van der Waals surface area (Å²) >= 11 is 1.51. The monoisotopic (exact) mass is 218 g/mol. The molecule has 2 aromatic heterocycles. The molecule has 0 aliphatic heterocycles. The Bertz CT molecular complexity index is 601. The van der Waals surface area contributed by atoms with Crippen LogP contribution in [0.4, 0.5) is 0 Å². The van der Waals surface area contributed by atoms with Gasteiger partial charge >= 0.3 is 0 Å². The van der Waals surface area contributed by atoms with E-state index in [1.165, 1.54) is 17.5 Å². The Kier molecular flexibility index (Phi) is 2.33. The van der Waals surface area contributed by atoms with E-state index in [1.54, 1.807) is 0 Å². The number of hydrogen-bond donors (Lipinski definition) is 1. The molecule has 0 saturated carbocycles. The summed E-state index contributed by atoms with van der Waals surface area (Å²) in [6.07, 6.45) is 1.48. The fraction of sp³-hybridized carbons (Fsp3) is 0.273. The number of nitrogens with zero attached hydrogens (tertiary/aromatic N) is 1. The van der Waals surface area contributed by atoms with Crippen LogP contribution in [-0.2, 0) is 0 Å². The first-order chi connectivity index (χ1) is 7.15. The molecule has 0 fully saturated rings. The Labute approximate surface area is 91.0 Å². The van der Waals surface area contributed by atoms with Crippen LogP contribution in [0.2, 0.25) is 0 Å². The third-order valence-electron chi connectivity index (χ3n) is 2.38. The molecule has 2 rings (SSSR count). The summed E-state index contributed by atoms with van der Waals surface area (Å²) in [5.41, 5.74) is 1.05. The molecule has 15 heavy (non-hydrogen) atoms. The number of H-pyrrole nitrogens is 1. The summed E-state index contributed by atoms with van der Waals surface area (Å²) in [6.45, 7) is 4.08. The highest BCUT2D eigenvalue weighted by atomic mass is 32.1. The van der Waals surface area contributed by atoms with Crippen molar-refractivity contribution < 1.29 is 0 Å². The molecule has 4 heteroatoms. The maximum absolute atomic E-state index is 11.9. The van der Waals surface area contributed by atoms with Gasteiger partial charge in [-0.25, -0.2) is 0 Å². The van der Waals surface area contributed by atoms with Gasteiger partial charge in [-0.2, -0.15) is 5.26 Å². The molecule has 0 atom stereocenters. The van der Waals surface area contributed by atoms with Crippen molar-refractivity contribution in [1.29, 1.82) is 5.26 Å². The molecule has 0 aliphatic carbocycles. The van der Waals surface area contributed by atoms with E-state index in [4.69, 9.17) is 5.26 Å². The SMILES string of the molecule is CC(C)c1csc2[nH]cc(C#N)c(=O)c12. The number of nitriles is 1. The van der Waals surface area contributed by atoms with Crippen LogP contribution in [0.1, 0.15) is 30.9 Å². The molecule has 0 aromatic carbocycles. The van der Waals surface area contributed by atoms with Gasteiger partial charge in [0.1, 0.15) is 16.5 Å². The van der Waals surface area contributed by atoms with Crippen LogP contribution in [-0.4, -0.2) is 4.98 Å². The van der Waals surface area contributed by atoms with Crippen LogP contribution < -0.4 is 5.43 Å². The largest absolute Gasteiger partial charge is 0.351 e. The second-order valence-corrected chi connectivity index (χ2v) is 4.57. The Morgan fingerprint density at radius 1 is 1.53 bits per heavy atom. The molecule has 0 aliphatic rings. The van der Waals surface area contributed by atoms with Crippen molar-refractivity contribution in [3.05, 3.63) is 32.9 Å². The van der Waals surface area contributed by atoms with Crippen LogP contribution in [0.5, 0.6) is 0 Å². The highest BCUT2D eigenvalue weighted by Crippen LogP contribution is 2.27. The third kappa shape index (κ3) is 1.45. The normalized spacial score (nSPS) is 10.8. The predicted octanol–water partition coefficient (Wildman–Crippen LogP) is 2.58. The number of rotatable bonds is 1. The van der Waals surface area contributed by atoms with Crippen LogP contribution in [0.3, 0.4) is 0 Å². The van der Waals surface area contributed by atoms with E-state index in [0.717, 1.165) is 10.4 Å². The fourth-order valence-electron chi connectivity index (χ4n) is 1.56. The molecular formula is C11H10N2OS. The molecule has 0 unspecified atom stereocenters. The molecule has 3 nitrogen and oxygen atoms in total. The molecule has 0 radical (unpaired) electrons. The van der Waals surface area contributed by atoms with Crippen LogP contribution in [0, 0.1) is 11.3 Å². The minimum absolute atomic E-state index is 0.156. The van der Waals surface area contributed by atoms with Crippen molar-refractivity contribution in [3.63, 3.8) is 0 Å². The number of thiophene rings is 1. The van der Waals surface area contributed by atoms with Gasteiger partial charge in [-0.1, -0.05) is 13.8 Å². The predicted molar refractivity (Wildman–Crippen MR) is 61.2 cm³/mol. The molecule has 1 N–H and O–H groups in total. The minimum Gasteiger partial charge on any atom is -0.351 e. The standard InChI is InChI=1S/C11H10N2OS/c1-6(2)8-5-15-11-9(8)10(14)7(3-12)4-13-11/h4-6H,1-2H3,(H,13,14). The van der Waals surface area contributed by atoms with E-state index in [0.29, 0.717) is 11.3 Å². The lowest BCUT2D eigenvalue weighted by atomic mass is 10.0. The van der Waals surface area contributed by atoms with E-state index in [2.05, 4.69) is 4.98 Å². The zero-order valence-corrected chi connectivity index (χ0v) is 9.31. The van der Waals surface area contributed by atoms with Gasteiger partial charge in [0, 0.05) is 6.20 Å². The summed E-state index contributed by atoms with van der Waals surface area (Å²) in [5.74, 6) is 0.300. The Morgan fingerprint density at radius 3 is 2.87 bits per heavy atom. The lowest BCUT2D eigenvalue weighted by molar-refractivity contribution is 0.879. The molecule has 0 amide bonds. The van der Waals surface area contributed by atoms with Gasteiger partial charge in [0.05, 0.1) is 5.39 Å². The summed E-state index contributed by atoms with van der Waals surface area (Å²) in [6, 6.07) is 1.90. The lowest BCUT2D eigenvalue weighted by Gasteiger charge is -2.01. The molecule has 2 aromatic rings. The number of hydrogen-bond acceptors (Lipinski definition) is 3. The van der Waals surface area contributed by atoms with E-state index in [-0.39, 0.29) is 11.0 Å². The fourth-order valence-corrected chi connectivity index (χ4v) is 2.65. The zero-order valence-electron chi connectivity index (χ0n) is 8.50. The van der Waals surface area contributed by atoms with Gasteiger partial charge < -0.3 is 4.98 Å². The number of fused-ring (bicyclic) bond motifs is 1. The number of aromatic nitrogens is 1. The first-order valence-corrected chi connectivity index (χ1v) is 5.56. The van der Waals surface area contributed by atoms with E-state index < -0.39 is 0 Å². The summed E-state index contributed by atoms with van der Waals surface area (Å²) < 4.78 is 0. The highest BCUT2D eigenvalue weighted by molar-refractivity contribution is 7.16.